The van der Waals surface area contributed by atoms with Crippen molar-refractivity contribution in [1.82, 2.24) is 9.71 Å². The Morgan fingerprint density at radius 1 is 1.24 bits per heavy atom. The van der Waals surface area contributed by atoms with Crippen LogP contribution in [-0.4, -0.2) is 20.5 Å². The minimum atomic E-state index is -3.74. The van der Waals surface area contributed by atoms with Crippen molar-refractivity contribution < 1.29 is 13.2 Å². The number of methoxy groups -OCH3 is 1. The zero-order chi connectivity index (χ0) is 15.3. The number of sulfonamides is 1. The number of nitrogens with one attached hydrogen (secondary N) is 2. The second kappa shape index (κ2) is 6.53. The van der Waals surface area contributed by atoms with Gasteiger partial charge in [-0.1, -0.05) is 18.2 Å². The van der Waals surface area contributed by atoms with Crippen LogP contribution >= 0.6 is 0 Å². The molecule has 2 aromatic rings. The monoisotopic (exact) mass is 308 g/mol. The number of hydrogen-bond donors (Lipinski definition) is 3. The van der Waals surface area contributed by atoms with Gasteiger partial charge in [0.25, 0.3) is 0 Å². The summed E-state index contributed by atoms with van der Waals surface area (Å²) in [5.74, 6) is 5.98. The highest BCUT2D eigenvalue weighted by atomic mass is 32.2. The van der Waals surface area contributed by atoms with Gasteiger partial charge in [0.15, 0.2) is 5.82 Å². The van der Waals surface area contributed by atoms with Gasteiger partial charge >= 0.3 is 0 Å². The van der Waals surface area contributed by atoms with Crippen molar-refractivity contribution in [1.29, 1.82) is 0 Å². The quantitative estimate of drug-likeness (QED) is 0.539. The Bertz CT molecular complexity index is 719. The number of nitrogen functional groups attached to an aromatic ring is 1. The molecule has 0 aliphatic heterocycles. The lowest BCUT2D eigenvalue weighted by atomic mass is 10.2. The second-order valence-corrected chi connectivity index (χ2v) is 5.87. The van der Waals surface area contributed by atoms with E-state index in [-0.39, 0.29) is 17.3 Å². The van der Waals surface area contributed by atoms with Gasteiger partial charge < -0.3 is 10.2 Å². The van der Waals surface area contributed by atoms with Crippen LogP contribution in [0, 0.1) is 0 Å². The first-order chi connectivity index (χ1) is 10.1. The van der Waals surface area contributed by atoms with Crippen molar-refractivity contribution in [2.24, 2.45) is 5.84 Å². The van der Waals surface area contributed by atoms with Gasteiger partial charge in [0.05, 0.1) is 7.11 Å². The lowest BCUT2D eigenvalue weighted by Gasteiger charge is -2.11. The van der Waals surface area contributed by atoms with Crippen LogP contribution in [0.1, 0.15) is 5.56 Å². The zero-order valence-electron chi connectivity index (χ0n) is 11.4. The Hall–Kier alpha value is -2.16. The van der Waals surface area contributed by atoms with Crippen molar-refractivity contribution in [3.8, 4) is 5.75 Å². The molecule has 7 nitrogen and oxygen atoms in total. The van der Waals surface area contributed by atoms with Crippen LogP contribution < -0.4 is 20.7 Å². The van der Waals surface area contributed by atoms with Crippen LogP contribution in [0.5, 0.6) is 5.75 Å². The van der Waals surface area contributed by atoms with Crippen molar-refractivity contribution >= 4 is 15.8 Å². The van der Waals surface area contributed by atoms with Gasteiger partial charge in [-0.3, -0.25) is 0 Å². The lowest BCUT2D eigenvalue weighted by molar-refractivity contribution is 0.409. The Kier molecular flexibility index (Phi) is 4.73. The number of hydrazine groups is 1. The van der Waals surface area contributed by atoms with Gasteiger partial charge in [-0.15, -0.1) is 0 Å². The third kappa shape index (κ3) is 3.48. The summed E-state index contributed by atoms with van der Waals surface area (Å²) in [4.78, 5) is 3.86. The third-order valence-electron chi connectivity index (χ3n) is 2.84. The predicted molar refractivity (Wildman–Crippen MR) is 79.1 cm³/mol. The van der Waals surface area contributed by atoms with E-state index in [2.05, 4.69) is 15.1 Å². The molecule has 0 bridgehead atoms. The number of benzene rings is 1. The Labute approximate surface area is 123 Å². The van der Waals surface area contributed by atoms with Crippen LogP contribution in [0.4, 0.5) is 5.82 Å². The highest BCUT2D eigenvalue weighted by molar-refractivity contribution is 7.89. The van der Waals surface area contributed by atoms with Crippen LogP contribution in [0.15, 0.2) is 47.5 Å². The minimum absolute atomic E-state index is 0.0117. The maximum absolute atomic E-state index is 12.3. The van der Waals surface area contributed by atoms with E-state index in [0.717, 1.165) is 5.56 Å². The highest BCUT2D eigenvalue weighted by Gasteiger charge is 2.19. The number of pyridine rings is 1. The molecule has 0 aliphatic rings. The molecule has 0 saturated heterocycles. The van der Waals surface area contributed by atoms with E-state index in [1.54, 1.807) is 12.1 Å². The Morgan fingerprint density at radius 3 is 2.71 bits per heavy atom. The van der Waals surface area contributed by atoms with Crippen LogP contribution in [0.3, 0.4) is 0 Å². The van der Waals surface area contributed by atoms with Crippen LogP contribution in [-0.2, 0) is 16.6 Å². The van der Waals surface area contributed by atoms with E-state index >= 15 is 0 Å². The van der Waals surface area contributed by atoms with Gasteiger partial charge in [-0.05, 0) is 18.2 Å². The highest BCUT2D eigenvalue weighted by Crippen LogP contribution is 2.20. The van der Waals surface area contributed by atoms with E-state index in [1.165, 1.54) is 25.4 Å². The van der Waals surface area contributed by atoms with E-state index < -0.39 is 10.0 Å². The SMILES string of the molecule is COc1ccccc1CNS(=O)(=O)c1cccnc1NN. The normalized spacial score (nSPS) is 11.1. The minimum Gasteiger partial charge on any atom is -0.496 e. The maximum atomic E-state index is 12.3. The average Bonchev–Trinajstić information content (AvgIpc) is 2.53. The number of rotatable bonds is 6. The molecule has 0 unspecified atom stereocenters. The maximum Gasteiger partial charge on any atom is 0.244 e. The molecule has 21 heavy (non-hydrogen) atoms. The van der Waals surface area contributed by atoms with E-state index in [0.29, 0.717) is 5.75 Å². The summed E-state index contributed by atoms with van der Waals surface area (Å²) in [5, 5.41) is 0. The van der Waals surface area contributed by atoms with Crippen molar-refractivity contribution in [3.63, 3.8) is 0 Å². The molecular formula is C13H16N4O3S. The molecule has 1 aromatic carbocycles. The summed E-state index contributed by atoms with van der Waals surface area (Å²) < 4.78 is 32.3. The fraction of sp³-hybridized carbons (Fsp3) is 0.154. The molecule has 0 aliphatic carbocycles. The number of nitrogens with two attached hydrogens (primary N) is 1. The third-order valence-corrected chi connectivity index (χ3v) is 4.27. The zero-order valence-corrected chi connectivity index (χ0v) is 12.2. The summed E-state index contributed by atoms with van der Waals surface area (Å²) in [5.41, 5.74) is 3.00. The Balaban J connectivity index is 2.22. The molecule has 2 rings (SSSR count). The van der Waals surface area contributed by atoms with Crippen LogP contribution in [0.25, 0.3) is 0 Å². The number of para-hydroxylation sites is 1. The van der Waals surface area contributed by atoms with Crippen LogP contribution in [0.2, 0.25) is 0 Å². The molecule has 1 aromatic heterocycles. The van der Waals surface area contributed by atoms with Crippen molar-refractivity contribution in [2.75, 3.05) is 12.5 Å². The molecule has 1 heterocycles. The molecule has 0 radical (unpaired) electrons. The molecule has 0 spiro atoms. The first-order valence-corrected chi connectivity index (χ1v) is 7.60. The summed E-state index contributed by atoms with van der Waals surface area (Å²) in [6, 6.07) is 10.1. The molecule has 112 valence electrons. The van der Waals surface area contributed by atoms with Gasteiger partial charge in [-0.25, -0.2) is 24.0 Å². The summed E-state index contributed by atoms with van der Waals surface area (Å²) in [7, 11) is -2.20. The molecule has 0 amide bonds. The number of aromatic nitrogens is 1. The summed E-state index contributed by atoms with van der Waals surface area (Å²) in [6.07, 6.45) is 1.45. The first-order valence-electron chi connectivity index (χ1n) is 6.11. The molecule has 8 heteroatoms. The van der Waals surface area contributed by atoms with Crippen molar-refractivity contribution in [3.05, 3.63) is 48.2 Å². The van der Waals surface area contributed by atoms with Gasteiger partial charge in [0.2, 0.25) is 10.0 Å². The smallest absolute Gasteiger partial charge is 0.244 e. The fourth-order valence-electron chi connectivity index (χ4n) is 1.82. The summed E-state index contributed by atoms with van der Waals surface area (Å²) in [6.45, 7) is 0.102. The predicted octanol–water partition coefficient (Wildman–Crippen LogP) is 0.854. The van der Waals surface area contributed by atoms with E-state index in [4.69, 9.17) is 10.6 Å². The van der Waals surface area contributed by atoms with Gasteiger partial charge in [-0.2, -0.15) is 0 Å². The number of ether oxygens (including phenoxy) is 1. The van der Waals surface area contributed by atoms with Gasteiger partial charge in [0, 0.05) is 18.3 Å². The van der Waals surface area contributed by atoms with Gasteiger partial charge in [0.1, 0.15) is 10.6 Å². The van der Waals surface area contributed by atoms with E-state index in [1.807, 2.05) is 12.1 Å². The van der Waals surface area contributed by atoms with E-state index in [9.17, 15) is 8.42 Å². The topological polar surface area (TPSA) is 106 Å². The molecule has 0 saturated carbocycles. The lowest BCUT2D eigenvalue weighted by Crippen LogP contribution is -2.25. The average molecular weight is 308 g/mol. The molecule has 0 fully saturated rings. The largest absolute Gasteiger partial charge is 0.496 e. The number of hydrogen-bond acceptors (Lipinski definition) is 6. The molecular weight excluding hydrogens is 292 g/mol. The molecule has 0 atom stereocenters. The fourth-order valence-corrected chi connectivity index (χ4v) is 2.94. The number of anilines is 1. The first kappa shape index (κ1) is 15.2. The standard InChI is InChI=1S/C13H16N4O3S/c1-20-11-6-3-2-5-10(11)9-16-21(18,19)12-7-4-8-15-13(12)17-14/h2-8,16H,9,14H2,1H3,(H,15,17). The second-order valence-electron chi connectivity index (χ2n) is 4.13. The Morgan fingerprint density at radius 2 is 2.00 bits per heavy atom. The number of nitrogens with zero attached hydrogens (tertiary/aromatic N) is 1. The van der Waals surface area contributed by atoms with Crippen molar-refractivity contribution in [2.45, 2.75) is 11.4 Å². The molecule has 4 N–H and O–H groups in total. The summed E-state index contributed by atoms with van der Waals surface area (Å²) >= 11 is 0.